The van der Waals surface area contributed by atoms with Crippen LogP contribution in [0.15, 0.2) is 54.6 Å². The molecule has 0 aliphatic carbocycles. The number of carbonyl (C=O) groups is 2. The van der Waals surface area contributed by atoms with Crippen molar-refractivity contribution in [2.24, 2.45) is 0 Å². The number of alkyl halides is 3. The van der Waals surface area contributed by atoms with E-state index in [0.717, 1.165) is 12.1 Å². The van der Waals surface area contributed by atoms with E-state index in [2.05, 4.69) is 5.32 Å². The number of hydrogen-bond donors (Lipinski definition) is 2. The number of carbonyl (C=O) groups excluding carboxylic acids is 1. The predicted molar refractivity (Wildman–Crippen MR) is 74.5 cm³/mol. The SMILES string of the molecule is O=C(Nc1ccccc1)c1ccccc1C(F)(F)F.O=CO. The summed E-state index contributed by atoms with van der Waals surface area (Å²) in [6.07, 6.45) is -4.55. The Bertz CT molecular complexity index is 627. The van der Waals surface area contributed by atoms with Gasteiger partial charge in [0, 0.05) is 5.69 Å². The molecule has 0 heterocycles. The second-order valence-corrected chi connectivity index (χ2v) is 3.97. The Kier molecular flexibility index (Phi) is 6.12. The number of carboxylic acid groups (broad SMARTS) is 1. The molecule has 0 unspecified atom stereocenters. The maximum absolute atomic E-state index is 12.8. The molecule has 0 aliphatic heterocycles. The van der Waals surface area contributed by atoms with Crippen LogP contribution in [-0.2, 0) is 11.0 Å². The Labute approximate surface area is 124 Å². The largest absolute Gasteiger partial charge is 0.483 e. The Morgan fingerprint density at radius 1 is 1.00 bits per heavy atom. The van der Waals surface area contributed by atoms with Crippen molar-refractivity contribution in [2.75, 3.05) is 5.32 Å². The molecule has 2 aromatic rings. The van der Waals surface area contributed by atoms with Crippen LogP contribution < -0.4 is 5.32 Å². The van der Waals surface area contributed by atoms with Crippen LogP contribution in [0.2, 0.25) is 0 Å². The number of hydrogen-bond acceptors (Lipinski definition) is 2. The van der Waals surface area contributed by atoms with Crippen molar-refractivity contribution in [3.8, 4) is 0 Å². The lowest BCUT2D eigenvalue weighted by Crippen LogP contribution is -2.18. The van der Waals surface area contributed by atoms with Crippen molar-refractivity contribution in [3.05, 3.63) is 65.7 Å². The normalized spacial score (nSPS) is 10.1. The Morgan fingerprint density at radius 2 is 1.50 bits per heavy atom. The first-order valence-electron chi connectivity index (χ1n) is 6.00. The van der Waals surface area contributed by atoms with Crippen molar-refractivity contribution >= 4 is 18.1 Å². The molecule has 22 heavy (non-hydrogen) atoms. The van der Waals surface area contributed by atoms with Crippen LogP contribution in [0.3, 0.4) is 0 Å². The molecule has 0 spiro atoms. The van der Waals surface area contributed by atoms with Crippen LogP contribution in [0, 0.1) is 0 Å². The summed E-state index contributed by atoms with van der Waals surface area (Å²) in [6.45, 7) is -0.250. The third kappa shape index (κ3) is 4.93. The molecule has 2 rings (SSSR count). The second-order valence-electron chi connectivity index (χ2n) is 3.97. The zero-order valence-corrected chi connectivity index (χ0v) is 11.2. The minimum absolute atomic E-state index is 0.250. The molecular formula is C15H12F3NO3. The van der Waals surface area contributed by atoms with Gasteiger partial charge in [-0.3, -0.25) is 9.59 Å². The van der Waals surface area contributed by atoms with Crippen LogP contribution in [0.4, 0.5) is 18.9 Å². The molecular weight excluding hydrogens is 299 g/mol. The van der Waals surface area contributed by atoms with Crippen LogP contribution >= 0.6 is 0 Å². The highest BCUT2D eigenvalue weighted by atomic mass is 19.4. The predicted octanol–water partition coefficient (Wildman–Crippen LogP) is 3.66. The summed E-state index contributed by atoms with van der Waals surface area (Å²) in [7, 11) is 0. The standard InChI is InChI=1S/C14H10F3NO.CH2O2/c15-14(16,17)12-9-5-4-8-11(12)13(19)18-10-6-2-1-3-7-10;2-1-3/h1-9H,(H,18,19);1H,(H,2,3). The number of rotatable bonds is 2. The fraction of sp³-hybridized carbons (Fsp3) is 0.0667. The van der Waals surface area contributed by atoms with E-state index in [1.54, 1.807) is 30.3 Å². The van der Waals surface area contributed by atoms with E-state index in [9.17, 15) is 18.0 Å². The van der Waals surface area contributed by atoms with Gasteiger partial charge in [0.15, 0.2) is 0 Å². The molecule has 4 nitrogen and oxygen atoms in total. The van der Waals surface area contributed by atoms with Crippen LogP contribution in [0.25, 0.3) is 0 Å². The van der Waals surface area contributed by atoms with Gasteiger partial charge in [-0.25, -0.2) is 0 Å². The van der Waals surface area contributed by atoms with Gasteiger partial charge in [-0.1, -0.05) is 30.3 Å². The lowest BCUT2D eigenvalue weighted by Gasteiger charge is -2.12. The van der Waals surface area contributed by atoms with Gasteiger partial charge in [-0.2, -0.15) is 13.2 Å². The lowest BCUT2D eigenvalue weighted by atomic mass is 10.1. The second kappa shape index (κ2) is 7.82. The minimum atomic E-state index is -4.55. The zero-order valence-electron chi connectivity index (χ0n) is 11.2. The van der Waals surface area contributed by atoms with Crippen molar-refractivity contribution in [3.63, 3.8) is 0 Å². The maximum Gasteiger partial charge on any atom is 0.417 e. The summed E-state index contributed by atoms with van der Waals surface area (Å²) in [5, 5.41) is 9.32. The van der Waals surface area contributed by atoms with E-state index < -0.39 is 17.6 Å². The fourth-order valence-corrected chi connectivity index (χ4v) is 1.65. The fourth-order valence-electron chi connectivity index (χ4n) is 1.65. The topological polar surface area (TPSA) is 66.4 Å². The number of benzene rings is 2. The van der Waals surface area contributed by atoms with E-state index in [-0.39, 0.29) is 12.0 Å². The van der Waals surface area contributed by atoms with Crippen molar-refractivity contribution < 1.29 is 27.9 Å². The van der Waals surface area contributed by atoms with Crippen molar-refractivity contribution in [2.45, 2.75) is 6.18 Å². The molecule has 116 valence electrons. The average Bonchev–Trinajstić information content (AvgIpc) is 2.48. The third-order valence-electron chi connectivity index (χ3n) is 2.51. The van der Waals surface area contributed by atoms with Gasteiger partial charge in [0.05, 0.1) is 11.1 Å². The first kappa shape index (κ1) is 17.2. The summed E-state index contributed by atoms with van der Waals surface area (Å²) >= 11 is 0. The average molecular weight is 311 g/mol. The highest BCUT2D eigenvalue weighted by Crippen LogP contribution is 2.32. The van der Waals surface area contributed by atoms with Gasteiger partial charge in [-0.15, -0.1) is 0 Å². The molecule has 0 atom stereocenters. The van der Waals surface area contributed by atoms with E-state index in [1.165, 1.54) is 12.1 Å². The van der Waals surface area contributed by atoms with E-state index in [4.69, 9.17) is 9.90 Å². The van der Waals surface area contributed by atoms with Crippen LogP contribution in [0.5, 0.6) is 0 Å². The van der Waals surface area contributed by atoms with Gasteiger partial charge in [-0.05, 0) is 24.3 Å². The number of amides is 1. The molecule has 0 fully saturated rings. The van der Waals surface area contributed by atoms with Gasteiger partial charge in [0.2, 0.25) is 0 Å². The van der Waals surface area contributed by atoms with E-state index in [0.29, 0.717) is 5.69 Å². The van der Waals surface area contributed by atoms with E-state index >= 15 is 0 Å². The van der Waals surface area contributed by atoms with Gasteiger partial charge in [0.25, 0.3) is 12.4 Å². The number of nitrogens with one attached hydrogen (secondary N) is 1. The van der Waals surface area contributed by atoms with Gasteiger partial charge in [0.1, 0.15) is 0 Å². The maximum atomic E-state index is 12.8. The van der Waals surface area contributed by atoms with E-state index in [1.807, 2.05) is 0 Å². The smallest absolute Gasteiger partial charge is 0.417 e. The summed E-state index contributed by atoms with van der Waals surface area (Å²) in [4.78, 5) is 20.2. The molecule has 0 saturated carbocycles. The number of halogens is 3. The summed E-state index contributed by atoms with van der Waals surface area (Å²) < 4.78 is 38.3. The van der Waals surface area contributed by atoms with Crippen molar-refractivity contribution in [1.82, 2.24) is 0 Å². The molecule has 7 heteroatoms. The first-order valence-corrected chi connectivity index (χ1v) is 6.00. The monoisotopic (exact) mass is 311 g/mol. The molecule has 0 saturated heterocycles. The molecule has 0 aromatic heterocycles. The number of anilines is 1. The summed E-state index contributed by atoms with van der Waals surface area (Å²) in [5.41, 5.74) is -0.883. The van der Waals surface area contributed by atoms with Gasteiger partial charge >= 0.3 is 6.18 Å². The Hall–Kier alpha value is -2.83. The van der Waals surface area contributed by atoms with Crippen LogP contribution in [-0.4, -0.2) is 17.5 Å². The zero-order chi connectivity index (χ0) is 16.6. The molecule has 0 radical (unpaired) electrons. The Balaban J connectivity index is 0.000000745. The quantitative estimate of drug-likeness (QED) is 0.832. The number of para-hydroxylation sites is 1. The Morgan fingerprint density at radius 3 is 2.05 bits per heavy atom. The summed E-state index contributed by atoms with van der Waals surface area (Å²) in [6, 6.07) is 13.0. The molecule has 0 bridgehead atoms. The summed E-state index contributed by atoms with van der Waals surface area (Å²) in [5.74, 6) is -0.779. The first-order chi connectivity index (χ1) is 10.4. The molecule has 0 aliphatic rings. The van der Waals surface area contributed by atoms with Gasteiger partial charge < -0.3 is 10.4 Å². The van der Waals surface area contributed by atoms with Crippen molar-refractivity contribution in [1.29, 1.82) is 0 Å². The minimum Gasteiger partial charge on any atom is -0.483 e. The molecule has 1 amide bonds. The third-order valence-corrected chi connectivity index (χ3v) is 2.51. The highest BCUT2D eigenvalue weighted by molar-refractivity contribution is 6.05. The highest BCUT2D eigenvalue weighted by Gasteiger charge is 2.34. The lowest BCUT2D eigenvalue weighted by molar-refractivity contribution is -0.137. The molecule has 2 aromatic carbocycles. The molecule has 2 N–H and O–H groups in total. The van der Waals surface area contributed by atoms with Crippen LogP contribution in [0.1, 0.15) is 15.9 Å².